The van der Waals surface area contributed by atoms with Crippen LogP contribution in [0.3, 0.4) is 0 Å². The van der Waals surface area contributed by atoms with Gasteiger partial charge >= 0.3 is 0 Å². The standard InChI is InChI=1S/C15H17N3O2/c1-11-12(5-4-9-17-11)15(19)18-13-6-2-3-7-14(13)20-10-8-16/h2-7,9H,8,10,16H2,1H3,(H,18,19). The molecule has 3 N–H and O–H groups in total. The van der Waals surface area contributed by atoms with Gasteiger partial charge in [0.15, 0.2) is 0 Å². The molecule has 20 heavy (non-hydrogen) atoms. The zero-order valence-electron chi connectivity index (χ0n) is 11.3. The first-order chi connectivity index (χ1) is 9.72. The second kappa shape index (κ2) is 6.68. The number of aryl methyl sites for hydroxylation is 1. The van der Waals surface area contributed by atoms with Crippen molar-refractivity contribution in [2.45, 2.75) is 6.92 Å². The van der Waals surface area contributed by atoms with E-state index in [0.717, 1.165) is 0 Å². The minimum absolute atomic E-state index is 0.209. The summed E-state index contributed by atoms with van der Waals surface area (Å²) in [5, 5.41) is 2.83. The van der Waals surface area contributed by atoms with Crippen LogP contribution < -0.4 is 15.8 Å². The van der Waals surface area contributed by atoms with Crippen LogP contribution in [0.1, 0.15) is 16.1 Å². The van der Waals surface area contributed by atoms with E-state index in [2.05, 4.69) is 10.3 Å². The number of benzene rings is 1. The largest absolute Gasteiger partial charge is 0.490 e. The Morgan fingerprint density at radius 3 is 2.85 bits per heavy atom. The number of pyridine rings is 1. The smallest absolute Gasteiger partial charge is 0.257 e. The van der Waals surface area contributed by atoms with Gasteiger partial charge < -0.3 is 15.8 Å². The number of para-hydroxylation sites is 2. The topological polar surface area (TPSA) is 77.2 Å². The molecule has 1 amide bonds. The van der Waals surface area contributed by atoms with Crippen molar-refractivity contribution in [3.05, 3.63) is 53.9 Å². The molecule has 0 atom stereocenters. The van der Waals surface area contributed by atoms with Crippen LogP contribution >= 0.6 is 0 Å². The molecule has 0 aliphatic rings. The van der Waals surface area contributed by atoms with E-state index in [1.807, 2.05) is 12.1 Å². The van der Waals surface area contributed by atoms with Crippen molar-refractivity contribution in [2.75, 3.05) is 18.5 Å². The Kier molecular flexibility index (Phi) is 4.68. The predicted molar refractivity (Wildman–Crippen MR) is 77.9 cm³/mol. The average Bonchev–Trinajstić information content (AvgIpc) is 2.46. The SMILES string of the molecule is Cc1ncccc1C(=O)Nc1ccccc1OCCN. The number of carbonyl (C=O) groups is 1. The third kappa shape index (κ3) is 3.33. The minimum atomic E-state index is -0.209. The lowest BCUT2D eigenvalue weighted by atomic mass is 10.2. The minimum Gasteiger partial charge on any atom is -0.490 e. The Morgan fingerprint density at radius 2 is 2.10 bits per heavy atom. The van der Waals surface area contributed by atoms with Gasteiger partial charge in [0.05, 0.1) is 11.3 Å². The van der Waals surface area contributed by atoms with E-state index in [1.54, 1.807) is 37.4 Å². The van der Waals surface area contributed by atoms with Gasteiger partial charge in [0.25, 0.3) is 5.91 Å². The summed E-state index contributed by atoms with van der Waals surface area (Å²) in [5.74, 6) is 0.396. The molecule has 1 aromatic heterocycles. The third-order valence-electron chi connectivity index (χ3n) is 2.76. The van der Waals surface area contributed by atoms with Gasteiger partial charge in [-0.15, -0.1) is 0 Å². The van der Waals surface area contributed by atoms with Crippen LogP contribution in [0.15, 0.2) is 42.6 Å². The van der Waals surface area contributed by atoms with Crippen LogP contribution in [0, 0.1) is 6.92 Å². The van der Waals surface area contributed by atoms with E-state index in [1.165, 1.54) is 0 Å². The van der Waals surface area contributed by atoms with Gasteiger partial charge in [-0.3, -0.25) is 9.78 Å². The van der Waals surface area contributed by atoms with Crippen LogP contribution in [0.25, 0.3) is 0 Å². The molecular weight excluding hydrogens is 254 g/mol. The molecule has 0 radical (unpaired) electrons. The maximum Gasteiger partial charge on any atom is 0.257 e. The lowest BCUT2D eigenvalue weighted by Crippen LogP contribution is -2.16. The zero-order valence-corrected chi connectivity index (χ0v) is 11.3. The van der Waals surface area contributed by atoms with Crippen molar-refractivity contribution in [1.82, 2.24) is 4.98 Å². The maximum absolute atomic E-state index is 12.2. The summed E-state index contributed by atoms with van der Waals surface area (Å²) in [6, 6.07) is 10.7. The van der Waals surface area contributed by atoms with E-state index < -0.39 is 0 Å². The average molecular weight is 271 g/mol. The van der Waals surface area contributed by atoms with Crippen LogP contribution in [-0.4, -0.2) is 24.0 Å². The van der Waals surface area contributed by atoms with E-state index in [9.17, 15) is 4.79 Å². The molecule has 0 aliphatic heterocycles. The summed E-state index contributed by atoms with van der Waals surface area (Å²) in [6.07, 6.45) is 1.66. The van der Waals surface area contributed by atoms with Crippen LogP contribution in [-0.2, 0) is 0 Å². The molecule has 0 aliphatic carbocycles. The number of nitrogens with one attached hydrogen (secondary N) is 1. The number of rotatable bonds is 5. The Morgan fingerprint density at radius 1 is 1.30 bits per heavy atom. The highest BCUT2D eigenvalue weighted by atomic mass is 16.5. The van der Waals surface area contributed by atoms with Gasteiger partial charge in [0.1, 0.15) is 12.4 Å². The lowest BCUT2D eigenvalue weighted by Gasteiger charge is -2.12. The molecule has 1 aromatic carbocycles. The number of nitrogens with two attached hydrogens (primary N) is 1. The van der Waals surface area contributed by atoms with Crippen LogP contribution in [0.2, 0.25) is 0 Å². The first-order valence-electron chi connectivity index (χ1n) is 6.37. The number of amides is 1. The van der Waals surface area contributed by atoms with Crippen molar-refractivity contribution in [3.8, 4) is 5.75 Å². The first kappa shape index (κ1) is 14.0. The molecule has 5 heteroatoms. The summed E-state index contributed by atoms with van der Waals surface area (Å²) >= 11 is 0. The molecule has 0 spiro atoms. The third-order valence-corrected chi connectivity index (χ3v) is 2.76. The van der Waals surface area contributed by atoms with Crippen molar-refractivity contribution < 1.29 is 9.53 Å². The zero-order chi connectivity index (χ0) is 14.4. The highest BCUT2D eigenvalue weighted by Crippen LogP contribution is 2.24. The summed E-state index contributed by atoms with van der Waals surface area (Å²) in [4.78, 5) is 16.3. The molecule has 5 nitrogen and oxygen atoms in total. The van der Waals surface area contributed by atoms with Crippen molar-refractivity contribution in [2.24, 2.45) is 5.73 Å². The second-order valence-corrected chi connectivity index (χ2v) is 4.22. The molecule has 0 unspecified atom stereocenters. The van der Waals surface area contributed by atoms with Gasteiger partial charge in [-0.25, -0.2) is 0 Å². The maximum atomic E-state index is 12.2. The molecule has 2 rings (SSSR count). The fourth-order valence-electron chi connectivity index (χ4n) is 1.78. The Hall–Kier alpha value is -2.40. The van der Waals surface area contributed by atoms with Gasteiger partial charge in [-0.1, -0.05) is 12.1 Å². The van der Waals surface area contributed by atoms with E-state index in [0.29, 0.717) is 35.8 Å². The van der Waals surface area contributed by atoms with Gasteiger partial charge in [-0.2, -0.15) is 0 Å². The van der Waals surface area contributed by atoms with E-state index >= 15 is 0 Å². The Bertz CT molecular complexity index is 599. The molecule has 0 saturated carbocycles. The van der Waals surface area contributed by atoms with Crippen LogP contribution in [0.5, 0.6) is 5.75 Å². The van der Waals surface area contributed by atoms with Crippen molar-refractivity contribution in [3.63, 3.8) is 0 Å². The number of hydrogen-bond donors (Lipinski definition) is 2. The first-order valence-corrected chi connectivity index (χ1v) is 6.37. The summed E-state index contributed by atoms with van der Waals surface area (Å²) < 4.78 is 5.50. The number of carbonyl (C=O) groups excluding carboxylic acids is 1. The number of nitrogens with zero attached hydrogens (tertiary/aromatic N) is 1. The predicted octanol–water partition coefficient (Wildman–Crippen LogP) is 1.98. The summed E-state index contributed by atoms with van der Waals surface area (Å²) in [7, 11) is 0. The Balaban J connectivity index is 2.18. The fraction of sp³-hybridized carbons (Fsp3) is 0.200. The van der Waals surface area contributed by atoms with E-state index in [4.69, 9.17) is 10.5 Å². The second-order valence-electron chi connectivity index (χ2n) is 4.22. The monoisotopic (exact) mass is 271 g/mol. The van der Waals surface area contributed by atoms with Crippen molar-refractivity contribution in [1.29, 1.82) is 0 Å². The highest BCUT2D eigenvalue weighted by molar-refractivity contribution is 6.05. The number of hydrogen-bond acceptors (Lipinski definition) is 4. The van der Waals surface area contributed by atoms with Gasteiger partial charge in [0.2, 0.25) is 0 Å². The molecule has 0 bridgehead atoms. The van der Waals surface area contributed by atoms with Crippen LogP contribution in [0.4, 0.5) is 5.69 Å². The van der Waals surface area contributed by atoms with Gasteiger partial charge in [0, 0.05) is 18.4 Å². The van der Waals surface area contributed by atoms with Crippen molar-refractivity contribution >= 4 is 11.6 Å². The van der Waals surface area contributed by atoms with E-state index in [-0.39, 0.29) is 5.91 Å². The molecule has 104 valence electrons. The molecule has 2 aromatic rings. The Labute approximate surface area is 117 Å². The quantitative estimate of drug-likeness (QED) is 0.871. The number of anilines is 1. The fourth-order valence-corrected chi connectivity index (χ4v) is 1.78. The molecule has 1 heterocycles. The molecule has 0 saturated heterocycles. The normalized spacial score (nSPS) is 10.1. The number of ether oxygens (including phenoxy) is 1. The van der Waals surface area contributed by atoms with Gasteiger partial charge in [-0.05, 0) is 31.2 Å². The molecular formula is C15H17N3O2. The lowest BCUT2D eigenvalue weighted by molar-refractivity contribution is 0.102. The molecule has 0 fully saturated rings. The number of aromatic nitrogens is 1. The highest BCUT2D eigenvalue weighted by Gasteiger charge is 2.11. The summed E-state index contributed by atoms with van der Waals surface area (Å²) in [5.41, 5.74) is 7.27. The summed E-state index contributed by atoms with van der Waals surface area (Å²) in [6.45, 7) is 2.62.